The van der Waals surface area contributed by atoms with Gasteiger partial charge in [0, 0.05) is 0 Å². The van der Waals surface area contributed by atoms with Crippen molar-refractivity contribution in [3.8, 4) is 11.5 Å². The van der Waals surface area contributed by atoms with Gasteiger partial charge >= 0.3 is 0 Å². The Morgan fingerprint density at radius 1 is 1.05 bits per heavy atom. The quantitative estimate of drug-likeness (QED) is 0.658. The van der Waals surface area contributed by atoms with Crippen molar-refractivity contribution in [2.24, 2.45) is 5.73 Å². The molecule has 0 bridgehead atoms. The molecule has 0 saturated heterocycles. The molecule has 108 valence electrons. The van der Waals surface area contributed by atoms with Crippen molar-refractivity contribution >= 4 is 0 Å². The summed E-state index contributed by atoms with van der Waals surface area (Å²) in [6.07, 6.45) is 7.10. The standard InChI is InChI=1S/C16H27NO2/c1-3-4-5-6-7-12-19-15-9-8-14(10-11-17)13-16(15)18-2/h8-9,13H,3-7,10-12,17H2,1-2H3. The highest BCUT2D eigenvalue weighted by Crippen LogP contribution is 2.28. The molecule has 0 aliphatic rings. The second kappa shape index (κ2) is 9.68. The summed E-state index contributed by atoms with van der Waals surface area (Å²) in [4.78, 5) is 0. The Hall–Kier alpha value is -1.22. The van der Waals surface area contributed by atoms with Gasteiger partial charge in [-0.3, -0.25) is 0 Å². The first-order valence-electron chi connectivity index (χ1n) is 7.31. The molecule has 0 aliphatic heterocycles. The van der Waals surface area contributed by atoms with Gasteiger partial charge in [0.25, 0.3) is 0 Å². The Morgan fingerprint density at radius 3 is 2.53 bits per heavy atom. The first-order valence-corrected chi connectivity index (χ1v) is 7.31. The van der Waals surface area contributed by atoms with Gasteiger partial charge in [0.2, 0.25) is 0 Å². The van der Waals surface area contributed by atoms with Crippen molar-refractivity contribution in [1.82, 2.24) is 0 Å². The molecule has 0 aliphatic carbocycles. The van der Waals surface area contributed by atoms with Crippen LogP contribution >= 0.6 is 0 Å². The summed E-state index contributed by atoms with van der Waals surface area (Å²) < 4.78 is 11.1. The maximum atomic E-state index is 5.79. The maximum Gasteiger partial charge on any atom is 0.161 e. The number of nitrogens with two attached hydrogens (primary N) is 1. The highest BCUT2D eigenvalue weighted by Gasteiger charge is 2.05. The number of hydrogen-bond donors (Lipinski definition) is 1. The molecule has 19 heavy (non-hydrogen) atoms. The Morgan fingerprint density at radius 2 is 1.84 bits per heavy atom. The van der Waals surface area contributed by atoms with Crippen molar-refractivity contribution in [3.05, 3.63) is 23.8 Å². The van der Waals surface area contributed by atoms with Crippen molar-refractivity contribution in [3.63, 3.8) is 0 Å². The smallest absolute Gasteiger partial charge is 0.161 e. The van der Waals surface area contributed by atoms with E-state index in [0.717, 1.165) is 30.9 Å². The molecule has 1 rings (SSSR count). The fourth-order valence-electron chi connectivity index (χ4n) is 2.04. The fourth-order valence-corrected chi connectivity index (χ4v) is 2.04. The van der Waals surface area contributed by atoms with Crippen molar-refractivity contribution < 1.29 is 9.47 Å². The van der Waals surface area contributed by atoms with E-state index in [4.69, 9.17) is 15.2 Å². The molecule has 0 radical (unpaired) electrons. The van der Waals surface area contributed by atoms with Gasteiger partial charge in [-0.05, 0) is 37.1 Å². The largest absolute Gasteiger partial charge is 0.493 e. The molecule has 0 heterocycles. The molecule has 0 amide bonds. The third-order valence-corrected chi connectivity index (χ3v) is 3.17. The van der Waals surface area contributed by atoms with Crippen LogP contribution in [0.15, 0.2) is 18.2 Å². The van der Waals surface area contributed by atoms with Crippen LogP contribution in [0.4, 0.5) is 0 Å². The van der Waals surface area contributed by atoms with Gasteiger partial charge in [-0.15, -0.1) is 0 Å². The summed E-state index contributed by atoms with van der Waals surface area (Å²) in [7, 11) is 1.68. The van der Waals surface area contributed by atoms with E-state index in [1.807, 2.05) is 12.1 Å². The Bertz CT molecular complexity index is 353. The molecule has 0 spiro atoms. The average molecular weight is 265 g/mol. The molecule has 0 saturated carbocycles. The van der Waals surface area contributed by atoms with Crippen LogP contribution in [0, 0.1) is 0 Å². The Balaban J connectivity index is 2.40. The highest BCUT2D eigenvalue weighted by atomic mass is 16.5. The minimum absolute atomic E-state index is 0.654. The predicted octanol–water partition coefficient (Wildman–Crippen LogP) is 3.55. The zero-order chi connectivity index (χ0) is 13.9. The molecular formula is C16H27NO2. The maximum absolute atomic E-state index is 5.79. The summed E-state index contributed by atoms with van der Waals surface area (Å²) in [5.41, 5.74) is 6.75. The minimum atomic E-state index is 0.654. The SMILES string of the molecule is CCCCCCCOc1ccc(CCN)cc1OC. The molecule has 0 fully saturated rings. The third-order valence-electron chi connectivity index (χ3n) is 3.17. The molecule has 2 N–H and O–H groups in total. The first-order chi connectivity index (χ1) is 9.31. The van der Waals surface area contributed by atoms with E-state index in [0.29, 0.717) is 6.54 Å². The van der Waals surface area contributed by atoms with Crippen LogP contribution < -0.4 is 15.2 Å². The molecule has 0 unspecified atom stereocenters. The van der Waals surface area contributed by atoms with E-state index < -0.39 is 0 Å². The average Bonchev–Trinajstić information content (AvgIpc) is 2.44. The van der Waals surface area contributed by atoms with Gasteiger partial charge in [-0.1, -0.05) is 38.7 Å². The van der Waals surface area contributed by atoms with Gasteiger partial charge in [-0.2, -0.15) is 0 Å². The van der Waals surface area contributed by atoms with E-state index in [1.54, 1.807) is 7.11 Å². The van der Waals surface area contributed by atoms with Crippen LogP contribution in [0.3, 0.4) is 0 Å². The number of methoxy groups -OCH3 is 1. The molecule has 3 nitrogen and oxygen atoms in total. The molecule has 1 aromatic carbocycles. The van der Waals surface area contributed by atoms with E-state index in [1.165, 1.54) is 31.2 Å². The summed E-state index contributed by atoms with van der Waals surface area (Å²) >= 11 is 0. The topological polar surface area (TPSA) is 44.5 Å². The second-order valence-corrected chi connectivity index (χ2v) is 4.79. The number of benzene rings is 1. The molecule has 1 aromatic rings. The van der Waals surface area contributed by atoms with Gasteiger partial charge in [0.1, 0.15) is 0 Å². The summed E-state index contributed by atoms with van der Waals surface area (Å²) in [5.74, 6) is 1.64. The summed E-state index contributed by atoms with van der Waals surface area (Å²) in [6.45, 7) is 3.64. The van der Waals surface area contributed by atoms with Crippen LogP contribution in [0.2, 0.25) is 0 Å². The van der Waals surface area contributed by atoms with Gasteiger partial charge in [-0.25, -0.2) is 0 Å². The zero-order valence-corrected chi connectivity index (χ0v) is 12.3. The molecule has 0 atom stereocenters. The fraction of sp³-hybridized carbons (Fsp3) is 0.625. The van der Waals surface area contributed by atoms with Crippen LogP contribution in [0.25, 0.3) is 0 Å². The van der Waals surface area contributed by atoms with E-state index in [2.05, 4.69) is 13.0 Å². The third kappa shape index (κ3) is 5.97. The van der Waals surface area contributed by atoms with E-state index in [-0.39, 0.29) is 0 Å². The first kappa shape index (κ1) is 15.8. The van der Waals surface area contributed by atoms with Gasteiger partial charge in [0.05, 0.1) is 13.7 Å². The molecular weight excluding hydrogens is 238 g/mol. The Kier molecular flexibility index (Phi) is 8.07. The lowest BCUT2D eigenvalue weighted by molar-refractivity contribution is 0.284. The molecule has 0 aromatic heterocycles. The van der Waals surface area contributed by atoms with Crippen LogP contribution in [0.1, 0.15) is 44.6 Å². The zero-order valence-electron chi connectivity index (χ0n) is 12.3. The Labute approximate surface area is 117 Å². The lowest BCUT2D eigenvalue weighted by Crippen LogP contribution is -2.04. The highest BCUT2D eigenvalue weighted by molar-refractivity contribution is 5.43. The van der Waals surface area contributed by atoms with Crippen LogP contribution in [-0.2, 0) is 6.42 Å². The second-order valence-electron chi connectivity index (χ2n) is 4.79. The minimum Gasteiger partial charge on any atom is -0.493 e. The van der Waals surface area contributed by atoms with Gasteiger partial charge < -0.3 is 15.2 Å². The van der Waals surface area contributed by atoms with Crippen molar-refractivity contribution in [2.45, 2.75) is 45.4 Å². The summed E-state index contributed by atoms with van der Waals surface area (Å²) in [5, 5.41) is 0. The number of rotatable bonds is 10. The number of hydrogen-bond acceptors (Lipinski definition) is 3. The van der Waals surface area contributed by atoms with E-state index in [9.17, 15) is 0 Å². The number of unbranched alkanes of at least 4 members (excludes halogenated alkanes) is 4. The lowest BCUT2D eigenvalue weighted by Gasteiger charge is -2.12. The monoisotopic (exact) mass is 265 g/mol. The summed E-state index contributed by atoms with van der Waals surface area (Å²) in [6, 6.07) is 6.05. The van der Waals surface area contributed by atoms with Crippen molar-refractivity contribution in [2.75, 3.05) is 20.3 Å². The number of ether oxygens (including phenoxy) is 2. The lowest BCUT2D eigenvalue weighted by atomic mass is 10.1. The normalized spacial score (nSPS) is 10.5. The van der Waals surface area contributed by atoms with E-state index >= 15 is 0 Å². The van der Waals surface area contributed by atoms with Gasteiger partial charge in [0.15, 0.2) is 11.5 Å². The van der Waals surface area contributed by atoms with Crippen LogP contribution in [0.5, 0.6) is 11.5 Å². The molecule has 3 heteroatoms. The van der Waals surface area contributed by atoms with Crippen molar-refractivity contribution in [1.29, 1.82) is 0 Å². The predicted molar refractivity (Wildman–Crippen MR) is 80.0 cm³/mol. The van der Waals surface area contributed by atoms with Crippen LogP contribution in [-0.4, -0.2) is 20.3 Å².